The Morgan fingerprint density at radius 3 is 2.59 bits per heavy atom. The number of ether oxygens (including phenoxy) is 1. The minimum Gasteiger partial charge on any atom is -0.381 e. The summed E-state index contributed by atoms with van der Waals surface area (Å²) in [6.45, 7) is 8.52. The predicted octanol–water partition coefficient (Wildman–Crippen LogP) is 2.38. The van der Waals surface area contributed by atoms with Crippen molar-refractivity contribution >= 4 is 11.6 Å². The fraction of sp³-hybridized carbons (Fsp3) is 0.611. The third-order valence-corrected chi connectivity index (χ3v) is 4.90. The van der Waals surface area contributed by atoms with Gasteiger partial charge in [-0.25, -0.2) is 0 Å². The maximum Gasteiger partial charge on any atom is 0.247 e. The molecule has 2 aliphatic rings. The van der Waals surface area contributed by atoms with Crippen LogP contribution in [-0.4, -0.2) is 31.2 Å². The Morgan fingerprint density at radius 1 is 1.27 bits per heavy atom. The molecule has 1 aromatic carbocycles. The SMILES string of the molecule is CC(C)(C)c1ccc2c(c1)CCN2C(=O)C1(N)CCOCC1. The van der Waals surface area contributed by atoms with Crippen LogP contribution in [-0.2, 0) is 21.4 Å². The van der Waals surface area contributed by atoms with Gasteiger partial charge in [-0.1, -0.05) is 32.9 Å². The van der Waals surface area contributed by atoms with Crippen molar-refractivity contribution in [2.24, 2.45) is 5.73 Å². The van der Waals surface area contributed by atoms with Gasteiger partial charge in [0, 0.05) is 25.4 Å². The van der Waals surface area contributed by atoms with E-state index in [0.717, 1.165) is 18.7 Å². The van der Waals surface area contributed by atoms with E-state index < -0.39 is 5.54 Å². The van der Waals surface area contributed by atoms with Crippen LogP contribution in [0, 0.1) is 0 Å². The van der Waals surface area contributed by atoms with Crippen molar-refractivity contribution in [3.8, 4) is 0 Å². The lowest BCUT2D eigenvalue weighted by Gasteiger charge is -2.35. The number of anilines is 1. The molecule has 1 amide bonds. The van der Waals surface area contributed by atoms with Crippen LogP contribution in [0.5, 0.6) is 0 Å². The smallest absolute Gasteiger partial charge is 0.247 e. The highest BCUT2D eigenvalue weighted by Gasteiger charge is 2.41. The lowest BCUT2D eigenvalue weighted by Crippen LogP contribution is -2.58. The topological polar surface area (TPSA) is 55.6 Å². The third kappa shape index (κ3) is 2.66. The van der Waals surface area contributed by atoms with Gasteiger partial charge in [-0.05, 0) is 41.9 Å². The van der Waals surface area contributed by atoms with Gasteiger partial charge in [0.05, 0.1) is 0 Å². The zero-order chi connectivity index (χ0) is 16.0. The van der Waals surface area contributed by atoms with Crippen molar-refractivity contribution in [2.45, 2.75) is 51.0 Å². The normalized spacial score (nSPS) is 20.8. The number of benzene rings is 1. The molecule has 0 aromatic heterocycles. The number of fused-ring (bicyclic) bond motifs is 1. The van der Waals surface area contributed by atoms with Gasteiger partial charge < -0.3 is 15.4 Å². The summed E-state index contributed by atoms with van der Waals surface area (Å²) in [6.07, 6.45) is 2.13. The molecular weight excluding hydrogens is 276 g/mol. The van der Waals surface area contributed by atoms with Crippen molar-refractivity contribution < 1.29 is 9.53 Å². The average molecular weight is 302 g/mol. The minimum absolute atomic E-state index is 0.0538. The quantitative estimate of drug-likeness (QED) is 0.866. The van der Waals surface area contributed by atoms with E-state index >= 15 is 0 Å². The molecule has 0 aliphatic carbocycles. The molecule has 0 radical (unpaired) electrons. The third-order valence-electron chi connectivity index (χ3n) is 4.90. The zero-order valence-electron chi connectivity index (χ0n) is 13.8. The standard InChI is InChI=1S/C18H26N2O2/c1-17(2,3)14-4-5-15-13(12-14)6-9-20(15)16(21)18(19)7-10-22-11-8-18/h4-5,12H,6-11,19H2,1-3H3. The Balaban J connectivity index is 1.87. The van der Waals surface area contributed by atoms with Gasteiger partial charge in [-0.15, -0.1) is 0 Å². The summed E-state index contributed by atoms with van der Waals surface area (Å²) in [5.41, 5.74) is 9.34. The molecule has 4 nitrogen and oxygen atoms in total. The van der Waals surface area contributed by atoms with Crippen LogP contribution in [0.2, 0.25) is 0 Å². The van der Waals surface area contributed by atoms with Crippen LogP contribution >= 0.6 is 0 Å². The molecule has 1 aromatic rings. The number of rotatable bonds is 1. The fourth-order valence-corrected chi connectivity index (χ4v) is 3.30. The highest BCUT2D eigenvalue weighted by atomic mass is 16.5. The lowest BCUT2D eigenvalue weighted by atomic mass is 9.86. The molecule has 22 heavy (non-hydrogen) atoms. The van der Waals surface area contributed by atoms with E-state index in [9.17, 15) is 4.79 Å². The molecule has 1 fully saturated rings. The first-order valence-corrected chi connectivity index (χ1v) is 8.13. The first-order valence-electron chi connectivity index (χ1n) is 8.13. The summed E-state index contributed by atoms with van der Waals surface area (Å²) in [7, 11) is 0. The van der Waals surface area contributed by atoms with Gasteiger partial charge in [0.15, 0.2) is 0 Å². The van der Waals surface area contributed by atoms with Crippen LogP contribution in [0.25, 0.3) is 0 Å². The van der Waals surface area contributed by atoms with Crippen molar-refractivity contribution in [3.63, 3.8) is 0 Å². The van der Waals surface area contributed by atoms with E-state index in [2.05, 4.69) is 39.0 Å². The van der Waals surface area contributed by atoms with Crippen molar-refractivity contribution in [1.82, 2.24) is 0 Å². The van der Waals surface area contributed by atoms with E-state index in [1.54, 1.807) is 0 Å². The number of nitrogens with zero attached hydrogens (tertiary/aromatic N) is 1. The summed E-state index contributed by atoms with van der Waals surface area (Å²) in [5.74, 6) is 0.0538. The second kappa shape index (κ2) is 5.36. The van der Waals surface area contributed by atoms with E-state index in [0.29, 0.717) is 26.1 Å². The van der Waals surface area contributed by atoms with Gasteiger partial charge in [0.1, 0.15) is 5.54 Å². The maximum absolute atomic E-state index is 12.9. The Bertz CT molecular complexity index is 583. The number of hydrogen-bond acceptors (Lipinski definition) is 3. The molecule has 2 N–H and O–H groups in total. The first-order chi connectivity index (χ1) is 10.3. The molecular formula is C18H26N2O2. The minimum atomic E-state index is -0.761. The molecule has 0 saturated carbocycles. The summed E-state index contributed by atoms with van der Waals surface area (Å²) >= 11 is 0. The van der Waals surface area contributed by atoms with Crippen LogP contribution in [0.15, 0.2) is 18.2 Å². The van der Waals surface area contributed by atoms with Crippen molar-refractivity contribution in [2.75, 3.05) is 24.7 Å². The molecule has 3 rings (SSSR count). The van der Waals surface area contributed by atoms with Crippen LogP contribution in [0.4, 0.5) is 5.69 Å². The van der Waals surface area contributed by atoms with Gasteiger partial charge in [0.2, 0.25) is 5.91 Å². The van der Waals surface area contributed by atoms with Gasteiger partial charge in [-0.2, -0.15) is 0 Å². The highest BCUT2D eigenvalue weighted by molar-refractivity contribution is 6.01. The number of amides is 1. The number of carbonyl (C=O) groups excluding carboxylic acids is 1. The average Bonchev–Trinajstić information content (AvgIpc) is 2.89. The predicted molar refractivity (Wildman–Crippen MR) is 88.2 cm³/mol. The number of carbonyl (C=O) groups is 1. The van der Waals surface area contributed by atoms with Crippen molar-refractivity contribution in [1.29, 1.82) is 0 Å². The summed E-state index contributed by atoms with van der Waals surface area (Å²) < 4.78 is 5.35. The summed E-state index contributed by atoms with van der Waals surface area (Å²) in [5, 5.41) is 0. The molecule has 0 bridgehead atoms. The number of hydrogen-bond donors (Lipinski definition) is 1. The Kier molecular flexibility index (Phi) is 3.77. The lowest BCUT2D eigenvalue weighted by molar-refractivity contribution is -0.126. The van der Waals surface area contributed by atoms with E-state index in [4.69, 9.17) is 10.5 Å². The second-order valence-electron chi connectivity index (χ2n) is 7.57. The van der Waals surface area contributed by atoms with Gasteiger partial charge in [0.25, 0.3) is 0 Å². The number of nitrogens with two attached hydrogens (primary N) is 1. The van der Waals surface area contributed by atoms with E-state index in [1.165, 1.54) is 11.1 Å². The molecule has 0 spiro atoms. The monoisotopic (exact) mass is 302 g/mol. The molecule has 120 valence electrons. The molecule has 0 unspecified atom stereocenters. The molecule has 2 aliphatic heterocycles. The molecule has 4 heteroatoms. The van der Waals surface area contributed by atoms with Crippen molar-refractivity contribution in [3.05, 3.63) is 29.3 Å². The highest BCUT2D eigenvalue weighted by Crippen LogP contribution is 2.35. The maximum atomic E-state index is 12.9. The van der Waals surface area contributed by atoms with Crippen LogP contribution < -0.4 is 10.6 Å². The van der Waals surface area contributed by atoms with Crippen LogP contribution in [0.1, 0.15) is 44.7 Å². The Labute approximate surface area is 132 Å². The zero-order valence-corrected chi connectivity index (χ0v) is 13.8. The van der Waals surface area contributed by atoms with E-state index in [1.807, 2.05) is 4.90 Å². The first kappa shape index (κ1) is 15.5. The largest absolute Gasteiger partial charge is 0.381 e. The van der Waals surface area contributed by atoms with Gasteiger partial charge in [-0.3, -0.25) is 4.79 Å². The Hall–Kier alpha value is -1.39. The second-order valence-corrected chi connectivity index (χ2v) is 7.57. The summed E-state index contributed by atoms with van der Waals surface area (Å²) in [6, 6.07) is 6.47. The molecule has 1 saturated heterocycles. The molecule has 2 heterocycles. The Morgan fingerprint density at radius 2 is 1.95 bits per heavy atom. The summed E-state index contributed by atoms with van der Waals surface area (Å²) in [4.78, 5) is 14.8. The van der Waals surface area contributed by atoms with Crippen LogP contribution in [0.3, 0.4) is 0 Å². The molecule has 0 atom stereocenters. The van der Waals surface area contributed by atoms with Gasteiger partial charge >= 0.3 is 0 Å². The fourth-order valence-electron chi connectivity index (χ4n) is 3.30. The van der Waals surface area contributed by atoms with E-state index in [-0.39, 0.29) is 11.3 Å².